The molecule has 0 aliphatic heterocycles. The summed E-state index contributed by atoms with van der Waals surface area (Å²) in [6.45, 7) is 6.42. The van der Waals surface area contributed by atoms with E-state index in [1.165, 1.54) is 0 Å². The maximum Gasteiger partial charge on any atom is 0.129 e. The molecule has 0 aromatic carbocycles. The number of halogens is 1. The molecular weight excluding hydrogens is 224 g/mol. The van der Waals surface area contributed by atoms with Crippen molar-refractivity contribution < 1.29 is 4.74 Å². The summed E-state index contributed by atoms with van der Waals surface area (Å²) < 4.78 is 6.34. The summed E-state index contributed by atoms with van der Waals surface area (Å²) in [7, 11) is 0. The van der Waals surface area contributed by atoms with Gasteiger partial charge in [-0.15, -0.1) is 11.3 Å². The molecule has 3 heteroatoms. The first kappa shape index (κ1) is 8.81. The second kappa shape index (κ2) is 3.93. The summed E-state index contributed by atoms with van der Waals surface area (Å²) in [5.74, 6) is 0.753. The summed E-state index contributed by atoms with van der Waals surface area (Å²) in [5, 5.41) is 0. The minimum atomic E-state index is 0.675. The van der Waals surface area contributed by atoms with Crippen LogP contribution in [0.15, 0.2) is 22.5 Å². The molecule has 1 nitrogen and oxygen atoms in total. The lowest BCUT2D eigenvalue weighted by atomic mass is 10.4. The van der Waals surface area contributed by atoms with Crippen molar-refractivity contribution in [2.75, 3.05) is 6.61 Å². The predicted octanol–water partition coefficient (Wildman–Crippen LogP) is 3.52. The van der Waals surface area contributed by atoms with Crippen molar-refractivity contribution in [2.45, 2.75) is 6.92 Å². The summed E-state index contributed by atoms with van der Waals surface area (Å²) in [5.41, 5.74) is 0. The maximum absolute atomic E-state index is 5.24. The second-order valence-electron chi connectivity index (χ2n) is 1.96. The monoisotopic (exact) mass is 232 g/mol. The highest BCUT2D eigenvalue weighted by Crippen LogP contribution is 2.27. The Kier molecular flexibility index (Phi) is 3.15. The number of ether oxygens (including phenoxy) is 1. The van der Waals surface area contributed by atoms with Crippen LogP contribution in [-0.2, 0) is 4.74 Å². The smallest absolute Gasteiger partial charge is 0.129 e. The lowest BCUT2D eigenvalue weighted by Crippen LogP contribution is -1.85. The molecule has 0 aliphatic carbocycles. The number of thiophene rings is 1. The number of rotatable bonds is 3. The van der Waals surface area contributed by atoms with Crippen LogP contribution in [-0.4, -0.2) is 6.61 Å². The Morgan fingerprint density at radius 2 is 2.45 bits per heavy atom. The largest absolute Gasteiger partial charge is 0.493 e. The van der Waals surface area contributed by atoms with E-state index in [0.29, 0.717) is 6.61 Å². The first-order chi connectivity index (χ1) is 5.24. The van der Waals surface area contributed by atoms with Gasteiger partial charge in [0.2, 0.25) is 0 Å². The number of hydrogen-bond donors (Lipinski definition) is 0. The third-order valence-corrected chi connectivity index (χ3v) is 2.83. The molecule has 0 bridgehead atoms. The van der Waals surface area contributed by atoms with Crippen LogP contribution in [0.1, 0.15) is 11.8 Å². The van der Waals surface area contributed by atoms with Gasteiger partial charge in [-0.2, -0.15) is 0 Å². The molecule has 0 radical (unpaired) electrons. The molecule has 0 unspecified atom stereocenters. The highest BCUT2D eigenvalue weighted by Gasteiger charge is 2.01. The molecule has 0 atom stereocenters. The van der Waals surface area contributed by atoms with E-state index < -0.39 is 0 Å². The van der Waals surface area contributed by atoms with Crippen LogP contribution < -0.4 is 0 Å². The molecule has 11 heavy (non-hydrogen) atoms. The fourth-order valence-electron chi connectivity index (χ4n) is 0.710. The molecule has 60 valence electrons. The van der Waals surface area contributed by atoms with Crippen LogP contribution in [0.3, 0.4) is 0 Å². The van der Waals surface area contributed by atoms with Gasteiger partial charge in [0.15, 0.2) is 0 Å². The van der Waals surface area contributed by atoms with Gasteiger partial charge in [-0.25, -0.2) is 0 Å². The van der Waals surface area contributed by atoms with Crippen LogP contribution in [0.5, 0.6) is 0 Å². The zero-order valence-electron chi connectivity index (χ0n) is 6.26. The van der Waals surface area contributed by atoms with Crippen molar-refractivity contribution in [1.29, 1.82) is 0 Å². The van der Waals surface area contributed by atoms with Crippen LogP contribution in [0.4, 0.5) is 0 Å². The lowest BCUT2D eigenvalue weighted by molar-refractivity contribution is 0.300. The zero-order chi connectivity index (χ0) is 8.27. The Balaban J connectivity index is 2.69. The fourth-order valence-corrected chi connectivity index (χ4v) is 2.02. The second-order valence-corrected chi connectivity index (χ2v) is 4.42. The molecule has 1 heterocycles. The van der Waals surface area contributed by atoms with Crippen molar-refractivity contribution in [1.82, 2.24) is 0 Å². The van der Waals surface area contributed by atoms with Crippen molar-refractivity contribution in [3.63, 3.8) is 0 Å². The Bertz CT molecular complexity index is 254. The van der Waals surface area contributed by atoms with E-state index >= 15 is 0 Å². The maximum atomic E-state index is 5.24. The Morgan fingerprint density at radius 1 is 1.73 bits per heavy atom. The van der Waals surface area contributed by atoms with Crippen molar-refractivity contribution >= 4 is 33.0 Å². The van der Waals surface area contributed by atoms with Crippen LogP contribution in [0.25, 0.3) is 5.76 Å². The molecule has 0 N–H and O–H groups in total. The third-order valence-electron chi connectivity index (χ3n) is 1.17. The van der Waals surface area contributed by atoms with Gasteiger partial charge in [-0.1, -0.05) is 6.58 Å². The standard InChI is InChI=1S/C8H9BrOS/c1-3-10-6(2)7-4-5-8(9)11-7/h4-5H,2-3H2,1H3. The molecule has 1 aromatic rings. The van der Waals surface area contributed by atoms with Crippen LogP contribution in [0.2, 0.25) is 0 Å². The van der Waals surface area contributed by atoms with Gasteiger partial charge in [0.25, 0.3) is 0 Å². The van der Waals surface area contributed by atoms with Gasteiger partial charge in [0.05, 0.1) is 15.3 Å². The average molecular weight is 233 g/mol. The van der Waals surface area contributed by atoms with E-state index in [4.69, 9.17) is 4.74 Å². The Labute approximate surface area is 78.8 Å². The highest BCUT2D eigenvalue weighted by atomic mass is 79.9. The van der Waals surface area contributed by atoms with E-state index in [-0.39, 0.29) is 0 Å². The molecule has 0 amide bonds. The zero-order valence-corrected chi connectivity index (χ0v) is 8.67. The molecule has 1 aromatic heterocycles. The molecule has 0 saturated carbocycles. The molecule has 1 rings (SSSR count). The van der Waals surface area contributed by atoms with Gasteiger partial charge in [-0.3, -0.25) is 0 Å². The van der Waals surface area contributed by atoms with Crippen molar-refractivity contribution in [2.24, 2.45) is 0 Å². The molecule has 0 saturated heterocycles. The highest BCUT2D eigenvalue weighted by molar-refractivity contribution is 9.11. The van der Waals surface area contributed by atoms with E-state index in [1.54, 1.807) is 11.3 Å². The molecule has 0 spiro atoms. The van der Waals surface area contributed by atoms with Crippen LogP contribution in [0, 0.1) is 0 Å². The van der Waals surface area contributed by atoms with E-state index in [0.717, 1.165) is 14.4 Å². The van der Waals surface area contributed by atoms with Gasteiger partial charge < -0.3 is 4.74 Å². The summed E-state index contributed by atoms with van der Waals surface area (Å²) in [6.07, 6.45) is 0. The summed E-state index contributed by atoms with van der Waals surface area (Å²) in [6, 6.07) is 3.98. The van der Waals surface area contributed by atoms with E-state index in [1.807, 2.05) is 19.1 Å². The summed E-state index contributed by atoms with van der Waals surface area (Å²) >= 11 is 5.00. The van der Waals surface area contributed by atoms with Gasteiger partial charge >= 0.3 is 0 Å². The van der Waals surface area contributed by atoms with Gasteiger partial charge in [0.1, 0.15) is 5.76 Å². The predicted molar refractivity (Wildman–Crippen MR) is 52.7 cm³/mol. The first-order valence-corrected chi connectivity index (χ1v) is 4.92. The van der Waals surface area contributed by atoms with Crippen LogP contribution >= 0.6 is 27.3 Å². The van der Waals surface area contributed by atoms with Gasteiger partial charge in [0, 0.05) is 0 Å². The minimum Gasteiger partial charge on any atom is -0.493 e. The molecule has 0 fully saturated rings. The molecular formula is C8H9BrOS. The Hall–Kier alpha value is -0.280. The molecule has 0 aliphatic rings. The number of hydrogen-bond acceptors (Lipinski definition) is 2. The van der Waals surface area contributed by atoms with E-state index in [9.17, 15) is 0 Å². The fraction of sp³-hybridized carbons (Fsp3) is 0.250. The van der Waals surface area contributed by atoms with Crippen molar-refractivity contribution in [3.05, 3.63) is 27.4 Å². The van der Waals surface area contributed by atoms with E-state index in [2.05, 4.69) is 22.5 Å². The Morgan fingerprint density at radius 3 is 2.91 bits per heavy atom. The normalized spacial score (nSPS) is 9.64. The first-order valence-electron chi connectivity index (χ1n) is 3.31. The topological polar surface area (TPSA) is 9.23 Å². The average Bonchev–Trinajstić information content (AvgIpc) is 2.36. The third kappa shape index (κ3) is 2.34. The SMILES string of the molecule is C=C(OCC)c1ccc(Br)s1. The quantitative estimate of drug-likeness (QED) is 0.726. The van der Waals surface area contributed by atoms with Gasteiger partial charge in [-0.05, 0) is 35.0 Å². The summed E-state index contributed by atoms with van der Waals surface area (Å²) in [4.78, 5) is 1.08. The lowest BCUT2D eigenvalue weighted by Gasteiger charge is -2.02. The minimum absolute atomic E-state index is 0.675. The van der Waals surface area contributed by atoms with Crippen molar-refractivity contribution in [3.8, 4) is 0 Å².